The van der Waals surface area contributed by atoms with Crippen molar-refractivity contribution in [2.45, 2.75) is 12.8 Å². The Morgan fingerprint density at radius 1 is 1.44 bits per heavy atom. The van der Waals surface area contributed by atoms with Crippen molar-refractivity contribution in [3.63, 3.8) is 0 Å². The molecule has 0 aromatic carbocycles. The summed E-state index contributed by atoms with van der Waals surface area (Å²) in [6, 6.07) is 1.79. The summed E-state index contributed by atoms with van der Waals surface area (Å²) in [5.41, 5.74) is 0. The standard InChI is InChI=1S/C10H11N3O3/c11-3-1-8(14)13-4-2-6-7(5-13)10(16)12-9(6)15/h6-7H,1-2,4-5H2,(H,12,15,16)/t6-,7+/m0/s1. The van der Waals surface area contributed by atoms with Gasteiger partial charge in [-0.3, -0.25) is 19.7 Å². The van der Waals surface area contributed by atoms with Crippen LogP contribution in [0, 0.1) is 23.2 Å². The highest BCUT2D eigenvalue weighted by atomic mass is 16.2. The van der Waals surface area contributed by atoms with Crippen LogP contribution in [-0.4, -0.2) is 35.7 Å². The zero-order valence-corrected chi connectivity index (χ0v) is 8.60. The SMILES string of the molecule is N#CCC(=O)N1CC[C@@H]2C(=O)NC(=O)[C@@H]2C1. The van der Waals surface area contributed by atoms with E-state index in [9.17, 15) is 14.4 Å². The van der Waals surface area contributed by atoms with Gasteiger partial charge < -0.3 is 4.90 Å². The number of imide groups is 1. The second-order valence-corrected chi connectivity index (χ2v) is 4.03. The van der Waals surface area contributed by atoms with Gasteiger partial charge in [-0.05, 0) is 6.42 Å². The Balaban J connectivity index is 2.06. The molecule has 0 aliphatic carbocycles. The number of nitrogens with zero attached hydrogens (tertiary/aromatic N) is 2. The van der Waals surface area contributed by atoms with E-state index in [4.69, 9.17) is 5.26 Å². The van der Waals surface area contributed by atoms with Crippen molar-refractivity contribution in [1.82, 2.24) is 10.2 Å². The molecule has 2 saturated heterocycles. The maximum absolute atomic E-state index is 11.5. The van der Waals surface area contributed by atoms with E-state index < -0.39 is 5.92 Å². The first-order valence-corrected chi connectivity index (χ1v) is 5.13. The van der Waals surface area contributed by atoms with Crippen molar-refractivity contribution < 1.29 is 14.4 Å². The number of likely N-dealkylation sites (tertiary alicyclic amines) is 1. The lowest BCUT2D eigenvalue weighted by Gasteiger charge is -2.31. The third-order valence-corrected chi connectivity index (χ3v) is 3.12. The van der Waals surface area contributed by atoms with Gasteiger partial charge in [0.15, 0.2) is 0 Å². The number of hydrogen-bond donors (Lipinski definition) is 1. The molecule has 0 bridgehead atoms. The van der Waals surface area contributed by atoms with Crippen LogP contribution in [0.15, 0.2) is 0 Å². The molecule has 1 N–H and O–H groups in total. The van der Waals surface area contributed by atoms with E-state index >= 15 is 0 Å². The molecular weight excluding hydrogens is 210 g/mol. The van der Waals surface area contributed by atoms with E-state index in [0.717, 1.165) is 0 Å². The first-order chi connectivity index (χ1) is 7.63. The lowest BCUT2D eigenvalue weighted by Crippen LogP contribution is -2.44. The number of piperidine rings is 1. The fraction of sp³-hybridized carbons (Fsp3) is 0.600. The van der Waals surface area contributed by atoms with Crippen LogP contribution in [-0.2, 0) is 14.4 Å². The first-order valence-electron chi connectivity index (χ1n) is 5.13. The maximum atomic E-state index is 11.5. The lowest BCUT2D eigenvalue weighted by molar-refractivity contribution is -0.135. The summed E-state index contributed by atoms with van der Waals surface area (Å²) in [5, 5.41) is 10.7. The molecule has 2 aliphatic rings. The summed E-state index contributed by atoms with van der Waals surface area (Å²) in [5.74, 6) is -1.53. The minimum atomic E-state index is -0.427. The molecule has 2 rings (SSSR count). The third kappa shape index (κ3) is 1.65. The molecule has 0 spiro atoms. The summed E-state index contributed by atoms with van der Waals surface area (Å²) < 4.78 is 0. The average Bonchev–Trinajstić information content (AvgIpc) is 2.55. The van der Waals surface area contributed by atoms with Gasteiger partial charge in [-0.2, -0.15) is 5.26 Å². The van der Waals surface area contributed by atoms with Crippen LogP contribution in [0.3, 0.4) is 0 Å². The maximum Gasteiger partial charge on any atom is 0.236 e. The molecule has 2 fully saturated rings. The molecule has 0 aromatic heterocycles. The van der Waals surface area contributed by atoms with Gasteiger partial charge in [0.1, 0.15) is 6.42 Å². The normalized spacial score (nSPS) is 28.3. The van der Waals surface area contributed by atoms with Gasteiger partial charge in [0.05, 0.1) is 17.9 Å². The molecule has 0 radical (unpaired) electrons. The van der Waals surface area contributed by atoms with Gasteiger partial charge in [0.25, 0.3) is 0 Å². The number of fused-ring (bicyclic) bond motifs is 1. The van der Waals surface area contributed by atoms with Gasteiger partial charge in [-0.1, -0.05) is 0 Å². The first kappa shape index (κ1) is 10.6. The summed E-state index contributed by atoms with van der Waals surface area (Å²) in [6.45, 7) is 0.700. The highest BCUT2D eigenvalue weighted by molar-refractivity contribution is 6.05. The van der Waals surface area contributed by atoms with Crippen LogP contribution in [0.1, 0.15) is 12.8 Å². The summed E-state index contributed by atoms with van der Waals surface area (Å²) >= 11 is 0. The van der Waals surface area contributed by atoms with Crippen LogP contribution >= 0.6 is 0 Å². The summed E-state index contributed by atoms with van der Waals surface area (Å²) in [7, 11) is 0. The molecule has 2 aliphatic heterocycles. The van der Waals surface area contributed by atoms with Gasteiger partial charge >= 0.3 is 0 Å². The van der Waals surface area contributed by atoms with Crippen LogP contribution in [0.25, 0.3) is 0 Å². The summed E-state index contributed by atoms with van der Waals surface area (Å²) in [4.78, 5) is 35.7. The smallest absolute Gasteiger partial charge is 0.236 e. The number of carbonyl (C=O) groups is 3. The third-order valence-electron chi connectivity index (χ3n) is 3.12. The topological polar surface area (TPSA) is 90.3 Å². The van der Waals surface area contributed by atoms with Crippen molar-refractivity contribution >= 4 is 17.7 Å². The Morgan fingerprint density at radius 2 is 2.12 bits per heavy atom. The molecule has 2 heterocycles. The molecule has 6 heteroatoms. The quantitative estimate of drug-likeness (QED) is 0.576. The minimum Gasteiger partial charge on any atom is -0.341 e. The molecule has 6 nitrogen and oxygen atoms in total. The summed E-state index contributed by atoms with van der Waals surface area (Å²) in [6.07, 6.45) is 0.326. The minimum absolute atomic E-state index is 0.174. The highest BCUT2D eigenvalue weighted by Crippen LogP contribution is 2.28. The Bertz CT molecular complexity index is 399. The molecule has 3 amide bonds. The van der Waals surface area contributed by atoms with Crippen LogP contribution < -0.4 is 5.32 Å². The fourth-order valence-electron chi connectivity index (χ4n) is 2.24. The Morgan fingerprint density at radius 3 is 2.81 bits per heavy atom. The van der Waals surface area contributed by atoms with Crippen LogP contribution in [0.5, 0.6) is 0 Å². The molecule has 0 aromatic rings. The zero-order valence-electron chi connectivity index (χ0n) is 8.60. The van der Waals surface area contributed by atoms with E-state index in [1.807, 2.05) is 0 Å². The monoisotopic (exact) mass is 221 g/mol. The number of nitriles is 1. The molecule has 16 heavy (non-hydrogen) atoms. The number of rotatable bonds is 1. The molecule has 2 atom stereocenters. The Kier molecular flexibility index (Phi) is 2.60. The number of carbonyl (C=O) groups excluding carboxylic acids is 3. The molecule has 84 valence electrons. The van der Waals surface area contributed by atoms with E-state index in [0.29, 0.717) is 13.0 Å². The van der Waals surface area contributed by atoms with Gasteiger partial charge in [-0.25, -0.2) is 0 Å². The second-order valence-electron chi connectivity index (χ2n) is 4.03. The van der Waals surface area contributed by atoms with Crippen LogP contribution in [0.2, 0.25) is 0 Å². The van der Waals surface area contributed by atoms with Crippen molar-refractivity contribution in [2.24, 2.45) is 11.8 Å². The van der Waals surface area contributed by atoms with Gasteiger partial charge in [0, 0.05) is 13.1 Å². The van der Waals surface area contributed by atoms with Crippen LogP contribution in [0.4, 0.5) is 0 Å². The average molecular weight is 221 g/mol. The molecule has 0 unspecified atom stereocenters. The Hall–Kier alpha value is -1.90. The van der Waals surface area contributed by atoms with Gasteiger partial charge in [-0.15, -0.1) is 0 Å². The van der Waals surface area contributed by atoms with Crippen molar-refractivity contribution in [2.75, 3.05) is 13.1 Å². The number of amides is 3. The predicted molar refractivity (Wildman–Crippen MR) is 51.6 cm³/mol. The largest absolute Gasteiger partial charge is 0.341 e. The zero-order chi connectivity index (χ0) is 11.7. The van der Waals surface area contributed by atoms with Gasteiger partial charge in [0.2, 0.25) is 17.7 Å². The van der Waals surface area contributed by atoms with Crippen molar-refractivity contribution in [3.8, 4) is 6.07 Å². The lowest BCUT2D eigenvalue weighted by atomic mass is 9.87. The fourth-order valence-corrected chi connectivity index (χ4v) is 2.24. The number of nitrogens with one attached hydrogen (secondary N) is 1. The second kappa shape index (κ2) is 3.93. The van der Waals surface area contributed by atoms with E-state index in [1.165, 1.54) is 4.90 Å². The van der Waals surface area contributed by atoms with E-state index in [-0.39, 0.29) is 36.6 Å². The molecule has 0 saturated carbocycles. The van der Waals surface area contributed by atoms with Crippen molar-refractivity contribution in [3.05, 3.63) is 0 Å². The number of hydrogen-bond acceptors (Lipinski definition) is 4. The highest BCUT2D eigenvalue weighted by Gasteiger charge is 2.45. The molecular formula is C10H11N3O3. The predicted octanol–water partition coefficient (Wildman–Crippen LogP) is -0.979. The van der Waals surface area contributed by atoms with E-state index in [1.54, 1.807) is 6.07 Å². The van der Waals surface area contributed by atoms with E-state index in [2.05, 4.69) is 5.32 Å². The Labute approximate surface area is 92.2 Å². The van der Waals surface area contributed by atoms with Crippen molar-refractivity contribution in [1.29, 1.82) is 5.26 Å².